The third-order valence-electron chi connectivity index (χ3n) is 11.4. The van der Waals surface area contributed by atoms with Crippen molar-refractivity contribution < 1.29 is 57.8 Å². The average molecular weight is 805 g/mol. The number of allylic oxidation sites excluding steroid dienone is 2. The van der Waals surface area contributed by atoms with E-state index in [4.69, 9.17) is 23.4 Å². The molecule has 0 unspecified atom stereocenters. The number of methoxy groups -OCH3 is 1. The summed E-state index contributed by atoms with van der Waals surface area (Å²) < 4.78 is 44.3. The fourth-order valence-corrected chi connectivity index (χ4v) is 7.92. The van der Waals surface area contributed by atoms with Crippen LogP contribution in [0.3, 0.4) is 0 Å². The van der Waals surface area contributed by atoms with Crippen molar-refractivity contribution in [2.24, 2.45) is 23.7 Å². The highest BCUT2D eigenvalue weighted by molar-refractivity contribution is 6.21. The van der Waals surface area contributed by atoms with Crippen molar-refractivity contribution in [2.45, 2.75) is 85.6 Å². The van der Waals surface area contributed by atoms with Gasteiger partial charge >= 0.3 is 11.8 Å². The Kier molecular flexibility index (Phi) is 11.6. The van der Waals surface area contributed by atoms with Gasteiger partial charge < -0.3 is 49.1 Å². The number of aromatic nitrogens is 1. The number of aromatic hydroxyl groups is 2. The summed E-state index contributed by atoms with van der Waals surface area (Å²) >= 11 is 0. The van der Waals surface area contributed by atoms with Crippen LogP contribution in [0.2, 0.25) is 0 Å². The molecule has 6 rings (SSSR count). The molecule has 3 heterocycles. The van der Waals surface area contributed by atoms with E-state index in [0.29, 0.717) is 5.57 Å². The Bertz CT molecular complexity index is 2400. The lowest BCUT2D eigenvalue weighted by molar-refractivity contribution is -0.160. The van der Waals surface area contributed by atoms with E-state index in [1.54, 1.807) is 52.8 Å². The normalized spacial score (nSPS) is 30.4. The number of rotatable bonds is 2. The predicted molar refractivity (Wildman–Crippen MR) is 212 cm³/mol. The second-order valence-electron chi connectivity index (χ2n) is 15.6. The second-order valence-corrected chi connectivity index (χ2v) is 15.6. The van der Waals surface area contributed by atoms with Crippen LogP contribution in [0.5, 0.6) is 17.2 Å². The van der Waals surface area contributed by atoms with Gasteiger partial charge in [0.25, 0.3) is 5.78 Å². The smallest absolute Gasteiger partial charge is 0.312 e. The first-order chi connectivity index (χ1) is 27.3. The number of ether oxygens (including phenoxy) is 4. The van der Waals surface area contributed by atoms with Crippen LogP contribution in [-0.2, 0) is 19.0 Å². The summed E-state index contributed by atoms with van der Waals surface area (Å²) in [6.45, 7) is 12.9. The van der Waals surface area contributed by atoms with Crippen LogP contribution in [0, 0.1) is 36.4 Å². The standard InChI is InChI=1S/C43H49FN2O12/c1-18-11-10-12-19(2)35(49)21(4)36(50)22(5)39(56-24(7)47)20(3)27(54-9)13-14-55-43(8)42(53)31-29-30(37(51)23(6)40(31)58-43)38(52)34(45-17-18)41-33(29)46-32-26(48)15-25(44)16-28(32)57-41/h10-16,19-22,27,35-36,39,45,48-51H,17H2,1-9H3/b12-10+,14-13+,18-11-/t19-,20+,21+,22+,27-,35-,36+,39+,43-/m0/s1. The number of nitrogens with zero attached hydrogens (tertiary/aromatic N) is 1. The van der Waals surface area contributed by atoms with Crippen LogP contribution in [0.1, 0.15) is 64.4 Å². The largest absolute Gasteiger partial charge is 0.507 e. The topological polar surface area (TPSA) is 207 Å². The maximum Gasteiger partial charge on any atom is 0.312 e. The number of phenols is 2. The monoisotopic (exact) mass is 804 g/mol. The summed E-state index contributed by atoms with van der Waals surface area (Å²) in [4.78, 5) is 45.9. The molecule has 0 aromatic heterocycles. The number of nitrogens with one attached hydrogen (secondary N) is 1. The van der Waals surface area contributed by atoms with Crippen molar-refractivity contribution >= 4 is 39.3 Å². The van der Waals surface area contributed by atoms with Gasteiger partial charge in [0.05, 0.1) is 35.5 Å². The number of aliphatic hydroxyl groups excluding tert-OH is 2. The number of benzene rings is 3. The SMILES string of the molecule is CO[C@H]1/C=C/O[C@@]2(C)Oc3c(C)c(O)c4c(=O)c(c5oc6cc(F)cc(O)c6nc-5c4c3C2=O)NC/C(C)=C\C=C\[C@H](C)[C@H](O)[C@@H](C)[C@@H](O)[C@@H](C)[C@H](OC(C)=O)[C@@H]1C. The molecular formula is C43H49FN2O12. The molecule has 58 heavy (non-hydrogen) atoms. The highest BCUT2D eigenvalue weighted by atomic mass is 19.1. The van der Waals surface area contributed by atoms with Crippen molar-refractivity contribution in [3.8, 4) is 28.7 Å². The molecule has 14 nitrogen and oxygen atoms in total. The Labute approximate surface area is 333 Å². The molecule has 4 aliphatic rings. The molecule has 15 heteroatoms. The summed E-state index contributed by atoms with van der Waals surface area (Å²) in [5.74, 6) is -7.89. The molecule has 9 atom stereocenters. The lowest BCUT2D eigenvalue weighted by Crippen LogP contribution is -2.46. The molecule has 1 aliphatic carbocycles. The molecule has 0 fully saturated rings. The maximum absolute atomic E-state index is 14.5. The number of aliphatic hydroxyl groups is 2. The Morgan fingerprint density at radius 2 is 1.72 bits per heavy atom. The zero-order chi connectivity index (χ0) is 42.5. The van der Waals surface area contributed by atoms with Gasteiger partial charge in [0.15, 0.2) is 11.3 Å². The molecule has 0 amide bonds. The van der Waals surface area contributed by atoms with Crippen LogP contribution in [-0.4, -0.2) is 81.0 Å². The van der Waals surface area contributed by atoms with Gasteiger partial charge in [-0.05, 0) is 19.9 Å². The van der Waals surface area contributed by atoms with Gasteiger partial charge in [-0.15, -0.1) is 0 Å². The number of hydrogen-bond donors (Lipinski definition) is 5. The summed E-state index contributed by atoms with van der Waals surface area (Å²) in [5.41, 5.74) is -0.744. The summed E-state index contributed by atoms with van der Waals surface area (Å²) in [6, 6.07) is 1.84. The molecule has 0 radical (unpaired) electrons. The molecule has 0 spiro atoms. The van der Waals surface area contributed by atoms with E-state index < -0.39 is 88.4 Å². The van der Waals surface area contributed by atoms with Crippen LogP contribution in [0.25, 0.3) is 33.3 Å². The number of ketones is 1. The van der Waals surface area contributed by atoms with Crippen molar-refractivity contribution in [3.05, 3.63) is 75.4 Å². The van der Waals surface area contributed by atoms with E-state index in [-0.39, 0.29) is 62.4 Å². The van der Waals surface area contributed by atoms with E-state index >= 15 is 0 Å². The van der Waals surface area contributed by atoms with Crippen LogP contribution in [0.15, 0.2) is 57.5 Å². The fourth-order valence-electron chi connectivity index (χ4n) is 7.92. The minimum atomic E-state index is -2.05. The van der Waals surface area contributed by atoms with Gasteiger partial charge in [-0.2, -0.15) is 0 Å². The van der Waals surface area contributed by atoms with Crippen LogP contribution >= 0.6 is 0 Å². The van der Waals surface area contributed by atoms with Gasteiger partial charge in [0.1, 0.15) is 46.1 Å². The fraction of sp³-hybridized carbons (Fsp3) is 0.442. The highest BCUT2D eigenvalue weighted by Gasteiger charge is 2.50. The minimum absolute atomic E-state index is 0.0644. The molecule has 310 valence electrons. The molecule has 5 N–H and O–H groups in total. The zero-order valence-corrected chi connectivity index (χ0v) is 33.7. The number of hydrogen-bond acceptors (Lipinski definition) is 14. The molecule has 0 saturated carbocycles. The van der Waals surface area contributed by atoms with Crippen LogP contribution < -0.4 is 15.5 Å². The highest BCUT2D eigenvalue weighted by Crippen LogP contribution is 2.50. The quantitative estimate of drug-likeness (QED) is 0.0861. The summed E-state index contributed by atoms with van der Waals surface area (Å²) in [5, 5.41) is 47.9. The number of carbonyl (C=O) groups is 2. The molecule has 4 bridgehead atoms. The van der Waals surface area contributed by atoms with Crippen molar-refractivity contribution in [3.63, 3.8) is 0 Å². The van der Waals surface area contributed by atoms with Crippen LogP contribution in [0.4, 0.5) is 10.1 Å². The molecule has 2 aromatic rings. The van der Waals surface area contributed by atoms with E-state index in [1.807, 2.05) is 0 Å². The van der Waals surface area contributed by atoms with Gasteiger partial charge in [-0.3, -0.25) is 14.4 Å². The van der Waals surface area contributed by atoms with Gasteiger partial charge in [-0.25, -0.2) is 9.37 Å². The third-order valence-corrected chi connectivity index (χ3v) is 11.4. The molecule has 3 aliphatic heterocycles. The number of carbonyl (C=O) groups excluding carboxylic acids is 2. The van der Waals surface area contributed by atoms with Gasteiger partial charge in [0, 0.05) is 74.3 Å². The average Bonchev–Trinajstić information content (AvgIpc) is 3.44. The Balaban J connectivity index is 1.57. The number of esters is 1. The zero-order valence-electron chi connectivity index (χ0n) is 33.7. The summed E-state index contributed by atoms with van der Waals surface area (Å²) in [6.07, 6.45) is 4.13. The lowest BCUT2D eigenvalue weighted by Gasteiger charge is -2.38. The van der Waals surface area contributed by atoms with E-state index in [0.717, 1.165) is 12.1 Å². The van der Waals surface area contributed by atoms with E-state index in [9.17, 15) is 39.2 Å². The lowest BCUT2D eigenvalue weighted by atomic mass is 9.78. The Morgan fingerprint density at radius 1 is 1.02 bits per heavy atom. The van der Waals surface area contributed by atoms with Crippen molar-refractivity contribution in [1.82, 2.24) is 4.98 Å². The van der Waals surface area contributed by atoms with Gasteiger partial charge in [-0.1, -0.05) is 51.5 Å². The second kappa shape index (κ2) is 16.0. The molecule has 2 aromatic carbocycles. The maximum atomic E-state index is 14.5. The third kappa shape index (κ3) is 7.38. The van der Waals surface area contributed by atoms with E-state index in [1.165, 1.54) is 40.2 Å². The van der Waals surface area contributed by atoms with Crippen molar-refractivity contribution in [2.75, 3.05) is 19.0 Å². The number of Topliss-reactive ketones (excluding diaryl/α,β-unsaturated/α-hetero) is 1. The van der Waals surface area contributed by atoms with E-state index in [2.05, 4.69) is 10.3 Å². The first kappa shape index (κ1) is 42.1. The number of phenolic OH excluding ortho intramolecular Hbond substituents is 2. The Morgan fingerprint density at radius 3 is 2.40 bits per heavy atom. The first-order valence-corrected chi connectivity index (χ1v) is 19.0. The van der Waals surface area contributed by atoms with Gasteiger partial charge in [0.2, 0.25) is 5.43 Å². The van der Waals surface area contributed by atoms with Crippen molar-refractivity contribution in [1.29, 1.82) is 0 Å². The number of halogens is 1. The Hall–Kier alpha value is -5.51. The number of anilines is 1. The molecule has 0 saturated heterocycles. The number of fused-ring (bicyclic) bond motifs is 2. The minimum Gasteiger partial charge on any atom is -0.507 e. The predicted octanol–water partition coefficient (Wildman–Crippen LogP) is 6.27. The first-order valence-electron chi connectivity index (χ1n) is 19.0. The molecular weight excluding hydrogens is 755 g/mol. The summed E-state index contributed by atoms with van der Waals surface area (Å²) in [7, 11) is 1.43.